The molecule has 1 amide bonds. The first-order valence-electron chi connectivity index (χ1n) is 30.6. The van der Waals surface area contributed by atoms with Gasteiger partial charge in [0.15, 0.2) is 30.4 Å². The molecule has 3 aromatic carbocycles. The van der Waals surface area contributed by atoms with E-state index in [1.165, 1.54) is 21.8 Å². The molecule has 14 rings (SSSR count). The van der Waals surface area contributed by atoms with Crippen LogP contribution in [0, 0.1) is 0 Å². The number of methoxy groups -OCH3 is 3. The van der Waals surface area contributed by atoms with E-state index >= 15 is 0 Å². The van der Waals surface area contributed by atoms with Crippen molar-refractivity contribution in [3.8, 4) is 0 Å². The Morgan fingerprint density at radius 2 is 0.920 bits per heavy atom. The van der Waals surface area contributed by atoms with Crippen LogP contribution in [0.4, 0.5) is 5.69 Å². The maximum absolute atomic E-state index is 13.1. The molecule has 12 atom stereocenters. The number of para-hydroxylation sites is 3. The number of hydrogen-bond acceptors (Lipinski definition) is 18. The SMILES string of the molecule is CC1(C)CCN2C(=O)C(=O)Cc3cccc1c32.CC[C@H]1OC(OC)[C@@H]2OC(C)(C)O[C@H]12.COC1O[C@H](Cn2c(=O)c(=O)n3c4c(cccc42)C(C)(C)CC3)[C@@H](O)[C@H]1O.COC1O[C@H](Cn2c(=O)c(=O)n3c4c(cccc42)C(C)(C)CC3)[C@H]2OC(C)(C)O[C@@H]12. The van der Waals surface area contributed by atoms with E-state index in [1.54, 1.807) is 34.3 Å². The number of nitrogens with zero attached hydrogens (tertiary/aromatic N) is 5. The molecule has 0 saturated carbocycles. The fourth-order valence-corrected chi connectivity index (χ4v) is 14.3. The molecule has 23 heteroatoms. The number of aliphatic hydroxyl groups excluding tert-OH is 2. The molecule has 0 spiro atoms. The van der Waals surface area contributed by atoms with Crippen LogP contribution in [0.5, 0.6) is 0 Å². The van der Waals surface area contributed by atoms with Crippen molar-refractivity contribution in [2.75, 3.05) is 32.8 Å². The van der Waals surface area contributed by atoms with Crippen LogP contribution in [0.2, 0.25) is 0 Å². The molecule has 2 aromatic heterocycles. The predicted octanol–water partition coefficient (Wildman–Crippen LogP) is 4.79. The first-order chi connectivity index (χ1) is 41.5. The van der Waals surface area contributed by atoms with Crippen LogP contribution in [0.1, 0.15) is 124 Å². The van der Waals surface area contributed by atoms with Gasteiger partial charge in [0.1, 0.15) is 48.8 Å². The molecule has 5 fully saturated rings. The summed E-state index contributed by atoms with van der Waals surface area (Å²) in [6.45, 7) is 24.4. The molecule has 23 nitrogen and oxygen atoms in total. The van der Waals surface area contributed by atoms with Gasteiger partial charge in [-0.15, -0.1) is 0 Å². The summed E-state index contributed by atoms with van der Waals surface area (Å²) < 4.78 is 62.5. The van der Waals surface area contributed by atoms with E-state index in [1.807, 2.05) is 70.2 Å². The topological polar surface area (TPSA) is 258 Å². The van der Waals surface area contributed by atoms with Crippen LogP contribution < -0.4 is 27.1 Å². The number of ether oxygens (including phenoxy) is 10. The lowest BCUT2D eigenvalue weighted by Crippen LogP contribution is -2.47. The van der Waals surface area contributed by atoms with Gasteiger partial charge < -0.3 is 71.6 Å². The third-order valence-corrected chi connectivity index (χ3v) is 19.1. The molecule has 5 aromatic rings. The summed E-state index contributed by atoms with van der Waals surface area (Å²) in [5.41, 5.74) is 5.84. The molecule has 0 bridgehead atoms. The monoisotopic (exact) mass is 1220 g/mol. The summed E-state index contributed by atoms with van der Waals surface area (Å²) in [5, 5.41) is 20.2. The largest absolute Gasteiger partial charge is 0.387 e. The lowest BCUT2D eigenvalue weighted by molar-refractivity contribution is -0.228. The Kier molecular flexibility index (Phi) is 17.0. The Bertz CT molecular complexity index is 3770. The standard InChI is InChI=1S/C22H28N2O6.C19H24N2O6.C14H15NO2.C10H18O4/c1-21(2)9-10-23-15-12(21)7-6-8-13(15)24(19(26)18(23)25)11-14-16-17(20(27-5)28-14)30-22(3,4)29-16;1-19(2)7-8-20-13-10(19)5-4-6-11(13)21(17(25)16(20)24)9-12-14(22)15(23)18(26-3)27-12;1-14(2)6-7-15-12-9(4-3-5-10(12)14)8-11(16)13(15)17;1-5-6-7-8(9(11-4)12-6)14-10(2,3)13-7/h6-8,14,16-17,20H,9-11H2,1-5H3;4-6,12,14-15,18,22-23H,7-9H2,1-3H3;3-5H,6-8H2,1-2H3;6-9H,5H2,1-4H3/t14-,16-,17-,20?;12-,14-,15-,18?;;6-,7-,8-,9?/m11.1/s1. The van der Waals surface area contributed by atoms with Crippen LogP contribution in [0.3, 0.4) is 0 Å². The number of anilines is 1. The second-order valence-electron chi connectivity index (χ2n) is 27.2. The Labute approximate surface area is 510 Å². The lowest BCUT2D eigenvalue weighted by Gasteiger charge is -2.41. The van der Waals surface area contributed by atoms with E-state index < -0.39 is 70.8 Å². The number of aliphatic hydroxyl groups is 2. The van der Waals surface area contributed by atoms with Gasteiger partial charge in [0.05, 0.1) is 46.9 Å². The van der Waals surface area contributed by atoms with Gasteiger partial charge in [-0.05, 0) is 104 Å². The number of ketones is 1. The minimum atomic E-state index is -1.22. The molecular weight excluding hydrogens is 1140 g/mol. The summed E-state index contributed by atoms with van der Waals surface area (Å²) in [6, 6.07) is 17.6. The number of rotatable bonds is 8. The third kappa shape index (κ3) is 11.2. The van der Waals surface area contributed by atoms with Crippen molar-refractivity contribution in [3.05, 3.63) is 118 Å². The molecule has 478 valence electrons. The van der Waals surface area contributed by atoms with Gasteiger partial charge in [0.2, 0.25) is 5.78 Å². The van der Waals surface area contributed by atoms with Crippen molar-refractivity contribution >= 4 is 39.4 Å². The number of fused-ring (bicyclic) bond motifs is 2. The van der Waals surface area contributed by atoms with E-state index in [4.69, 9.17) is 47.4 Å². The van der Waals surface area contributed by atoms with Crippen molar-refractivity contribution in [1.29, 1.82) is 0 Å². The number of benzene rings is 3. The van der Waals surface area contributed by atoms with Gasteiger partial charge in [-0.25, -0.2) is 0 Å². The van der Waals surface area contributed by atoms with Crippen LogP contribution in [0.25, 0.3) is 22.1 Å². The van der Waals surface area contributed by atoms with E-state index in [2.05, 4.69) is 54.5 Å². The first-order valence-corrected chi connectivity index (χ1v) is 30.6. The van der Waals surface area contributed by atoms with Crippen molar-refractivity contribution < 1.29 is 67.2 Å². The molecular formula is C65H85N5O18. The Morgan fingerprint density at radius 3 is 1.41 bits per heavy atom. The zero-order valence-corrected chi connectivity index (χ0v) is 52.9. The minimum absolute atomic E-state index is 0.0138. The number of aryl methyl sites for hydroxylation is 2. The first kappa shape index (κ1) is 63.8. The maximum atomic E-state index is 13.1. The average molecular weight is 1220 g/mol. The highest BCUT2D eigenvalue weighted by molar-refractivity contribution is 6.43. The maximum Gasteiger partial charge on any atom is 0.317 e. The summed E-state index contributed by atoms with van der Waals surface area (Å²) in [6.07, 6.45) is -2.69. The van der Waals surface area contributed by atoms with Gasteiger partial charge >= 0.3 is 22.2 Å². The van der Waals surface area contributed by atoms with E-state index in [-0.39, 0.29) is 84.3 Å². The molecule has 9 aliphatic heterocycles. The minimum Gasteiger partial charge on any atom is -0.387 e. The summed E-state index contributed by atoms with van der Waals surface area (Å²) >= 11 is 0. The van der Waals surface area contributed by atoms with Crippen LogP contribution in [-0.2, 0) is 106 Å². The summed E-state index contributed by atoms with van der Waals surface area (Å²) in [5.74, 6) is -1.89. The van der Waals surface area contributed by atoms with Gasteiger partial charge in [-0.3, -0.25) is 37.9 Å². The number of hydrogen-bond donors (Lipinski definition) is 2. The normalized spacial score (nSPS) is 31.0. The quantitative estimate of drug-likeness (QED) is 0.198. The molecule has 11 heterocycles. The molecule has 88 heavy (non-hydrogen) atoms. The van der Waals surface area contributed by atoms with Gasteiger partial charge in [-0.2, -0.15) is 0 Å². The summed E-state index contributed by atoms with van der Waals surface area (Å²) in [4.78, 5) is 76.8. The molecule has 0 radical (unpaired) electrons. The molecule has 0 aliphatic carbocycles. The van der Waals surface area contributed by atoms with E-state index in [0.717, 1.165) is 64.6 Å². The third-order valence-electron chi connectivity index (χ3n) is 19.1. The van der Waals surface area contributed by atoms with E-state index in [9.17, 15) is 39.0 Å². The fourth-order valence-electron chi connectivity index (χ4n) is 14.3. The zero-order chi connectivity index (χ0) is 63.5. The van der Waals surface area contributed by atoms with Gasteiger partial charge in [0, 0.05) is 47.4 Å². The van der Waals surface area contributed by atoms with Crippen molar-refractivity contribution in [1.82, 2.24) is 18.3 Å². The number of amides is 1. The van der Waals surface area contributed by atoms with Crippen LogP contribution in [0.15, 0.2) is 73.8 Å². The number of carbonyl (C=O) groups excluding carboxylic acids is 2. The van der Waals surface area contributed by atoms with E-state index in [0.29, 0.717) is 25.2 Å². The Hall–Kier alpha value is -5.80. The van der Waals surface area contributed by atoms with Crippen molar-refractivity contribution in [3.63, 3.8) is 0 Å². The molecule has 5 saturated heterocycles. The number of carbonyl (C=O) groups is 2. The fraction of sp³-hybridized carbons (Fsp3) is 0.631. The highest BCUT2D eigenvalue weighted by atomic mass is 16.8. The molecule has 9 aliphatic rings. The summed E-state index contributed by atoms with van der Waals surface area (Å²) in [7, 11) is 4.56. The second-order valence-corrected chi connectivity index (χ2v) is 27.2. The highest BCUT2D eigenvalue weighted by Gasteiger charge is 2.57. The van der Waals surface area contributed by atoms with Gasteiger partial charge in [-0.1, -0.05) is 90.9 Å². The Balaban J connectivity index is 0.000000126. The zero-order valence-electron chi connectivity index (χ0n) is 52.9. The van der Waals surface area contributed by atoms with Gasteiger partial charge in [0.25, 0.3) is 5.91 Å². The number of aromatic nitrogens is 4. The van der Waals surface area contributed by atoms with Crippen LogP contribution in [-0.4, -0.2) is 153 Å². The smallest absolute Gasteiger partial charge is 0.317 e. The molecule has 2 N–H and O–H groups in total. The van der Waals surface area contributed by atoms with Crippen LogP contribution >= 0.6 is 0 Å². The van der Waals surface area contributed by atoms with Crippen molar-refractivity contribution in [2.45, 2.75) is 236 Å². The second kappa shape index (κ2) is 23.5. The number of Topliss-reactive ketones (excluding diaryl/α,β-unsaturated/α-hetero) is 1. The predicted molar refractivity (Wildman–Crippen MR) is 322 cm³/mol. The van der Waals surface area contributed by atoms with Crippen molar-refractivity contribution in [2.24, 2.45) is 0 Å². The average Bonchev–Trinajstić information content (AvgIpc) is 1.20. The lowest BCUT2D eigenvalue weighted by atomic mass is 9.75. The molecule has 3 unspecified atom stereocenters. The Morgan fingerprint density at radius 1 is 0.500 bits per heavy atom. The highest BCUT2D eigenvalue weighted by Crippen LogP contribution is 2.45.